The molecule has 152 valence electrons. The Morgan fingerprint density at radius 2 is 1.86 bits per heavy atom. The van der Waals surface area contributed by atoms with E-state index in [0.29, 0.717) is 11.4 Å². The van der Waals surface area contributed by atoms with E-state index in [2.05, 4.69) is 12.2 Å². The number of sulfonamides is 1. The van der Waals surface area contributed by atoms with E-state index in [1.165, 1.54) is 37.9 Å². The third-order valence-corrected chi connectivity index (χ3v) is 6.35. The van der Waals surface area contributed by atoms with Crippen molar-refractivity contribution in [3.63, 3.8) is 0 Å². The monoisotopic (exact) mass is 424 g/mol. The first kappa shape index (κ1) is 22.2. The molecule has 1 amide bonds. The highest BCUT2D eigenvalue weighted by Crippen LogP contribution is 2.28. The van der Waals surface area contributed by atoms with Gasteiger partial charge >= 0.3 is 0 Å². The van der Waals surface area contributed by atoms with Gasteiger partial charge in [0.25, 0.3) is 0 Å². The van der Waals surface area contributed by atoms with E-state index < -0.39 is 15.9 Å². The summed E-state index contributed by atoms with van der Waals surface area (Å²) in [6, 6.07) is 11.7. The molecule has 1 N–H and O–H groups in total. The van der Waals surface area contributed by atoms with Gasteiger partial charge in [-0.2, -0.15) is 4.31 Å². The van der Waals surface area contributed by atoms with Gasteiger partial charge in [-0.25, -0.2) is 8.42 Å². The molecule has 0 aromatic heterocycles. The standard InChI is InChI=1S/C20H25ClN2O4S/c1-4-5-6-15-7-9-16(10-8-15)22-20(24)14-23(2)28(25,26)17-11-12-19(27-3)18(21)13-17/h7-13H,4-6,14H2,1-3H3,(H,22,24). The molecular formula is C20H25ClN2O4S. The zero-order valence-electron chi connectivity index (χ0n) is 16.2. The van der Waals surface area contributed by atoms with Gasteiger partial charge in [0.2, 0.25) is 15.9 Å². The van der Waals surface area contributed by atoms with E-state index >= 15 is 0 Å². The van der Waals surface area contributed by atoms with E-state index in [9.17, 15) is 13.2 Å². The summed E-state index contributed by atoms with van der Waals surface area (Å²) in [5.74, 6) is -0.0459. The van der Waals surface area contributed by atoms with Crippen LogP contribution < -0.4 is 10.1 Å². The SMILES string of the molecule is CCCCc1ccc(NC(=O)CN(C)S(=O)(=O)c2ccc(OC)c(Cl)c2)cc1. The second-order valence-corrected chi connectivity index (χ2v) is 8.86. The normalized spacial score (nSPS) is 11.5. The molecule has 2 aromatic rings. The number of rotatable bonds is 9. The molecule has 2 rings (SSSR count). The van der Waals surface area contributed by atoms with Crippen molar-refractivity contribution >= 4 is 33.2 Å². The summed E-state index contributed by atoms with van der Waals surface area (Å²) in [6.07, 6.45) is 3.23. The van der Waals surface area contributed by atoms with Crippen molar-refractivity contribution in [3.05, 3.63) is 53.1 Å². The third kappa shape index (κ3) is 5.70. The zero-order valence-corrected chi connectivity index (χ0v) is 17.8. The zero-order chi connectivity index (χ0) is 20.7. The van der Waals surface area contributed by atoms with Crippen molar-refractivity contribution in [2.45, 2.75) is 31.1 Å². The van der Waals surface area contributed by atoms with Crippen molar-refractivity contribution in [3.8, 4) is 5.75 Å². The molecule has 0 aliphatic rings. The van der Waals surface area contributed by atoms with Crippen LogP contribution in [0.5, 0.6) is 5.75 Å². The van der Waals surface area contributed by atoms with Crippen LogP contribution in [0, 0.1) is 0 Å². The first-order valence-electron chi connectivity index (χ1n) is 8.96. The van der Waals surface area contributed by atoms with Gasteiger partial charge in [0, 0.05) is 12.7 Å². The number of halogens is 1. The van der Waals surface area contributed by atoms with Crippen LogP contribution in [0.15, 0.2) is 47.4 Å². The molecule has 6 nitrogen and oxygen atoms in total. The molecule has 0 heterocycles. The summed E-state index contributed by atoms with van der Waals surface area (Å²) in [4.78, 5) is 12.3. The van der Waals surface area contributed by atoms with Crippen molar-refractivity contribution in [2.24, 2.45) is 0 Å². The summed E-state index contributed by atoms with van der Waals surface area (Å²) in [6.45, 7) is 1.82. The molecule has 0 unspecified atom stereocenters. The Labute approximate surface area is 171 Å². The van der Waals surface area contributed by atoms with Gasteiger partial charge in [0.15, 0.2) is 0 Å². The minimum atomic E-state index is -3.86. The van der Waals surface area contributed by atoms with Crippen LogP contribution in [0.2, 0.25) is 5.02 Å². The van der Waals surface area contributed by atoms with Crippen LogP contribution in [-0.2, 0) is 21.2 Å². The summed E-state index contributed by atoms with van der Waals surface area (Å²) in [5.41, 5.74) is 1.83. The Morgan fingerprint density at radius 1 is 1.18 bits per heavy atom. The van der Waals surface area contributed by atoms with Crippen LogP contribution in [0.4, 0.5) is 5.69 Å². The topological polar surface area (TPSA) is 75.7 Å². The number of likely N-dealkylation sites (N-methyl/N-ethyl adjacent to an activating group) is 1. The molecule has 0 spiro atoms. The van der Waals surface area contributed by atoms with Crippen LogP contribution in [-0.4, -0.2) is 39.3 Å². The first-order chi connectivity index (χ1) is 13.3. The predicted octanol–water partition coefficient (Wildman–Crippen LogP) is 3.95. The maximum absolute atomic E-state index is 12.7. The Kier molecular flexibility index (Phi) is 7.86. The van der Waals surface area contributed by atoms with Gasteiger partial charge < -0.3 is 10.1 Å². The Hall–Kier alpha value is -2.09. The molecule has 0 aliphatic carbocycles. The molecule has 2 aromatic carbocycles. The Bertz CT molecular complexity index is 914. The average Bonchev–Trinajstić information content (AvgIpc) is 2.67. The van der Waals surface area contributed by atoms with Crippen molar-refractivity contribution in [2.75, 3.05) is 26.0 Å². The van der Waals surface area contributed by atoms with E-state index in [4.69, 9.17) is 16.3 Å². The second kappa shape index (κ2) is 9.91. The summed E-state index contributed by atoms with van der Waals surface area (Å²) >= 11 is 6.01. The molecule has 0 saturated carbocycles. The number of anilines is 1. The third-order valence-electron chi connectivity index (χ3n) is 4.25. The number of amides is 1. The first-order valence-corrected chi connectivity index (χ1v) is 10.8. The van der Waals surface area contributed by atoms with Gasteiger partial charge in [0.1, 0.15) is 5.75 Å². The van der Waals surface area contributed by atoms with Gasteiger partial charge in [-0.05, 0) is 48.7 Å². The predicted molar refractivity (Wildman–Crippen MR) is 112 cm³/mol. The summed E-state index contributed by atoms with van der Waals surface area (Å²) in [7, 11) is -1.06. The van der Waals surface area contributed by atoms with Crippen LogP contribution in [0.25, 0.3) is 0 Å². The molecule has 0 radical (unpaired) electrons. The number of nitrogens with one attached hydrogen (secondary N) is 1. The Morgan fingerprint density at radius 3 is 2.43 bits per heavy atom. The second-order valence-electron chi connectivity index (χ2n) is 6.41. The highest BCUT2D eigenvalue weighted by atomic mass is 35.5. The van der Waals surface area contributed by atoms with E-state index in [-0.39, 0.29) is 16.5 Å². The smallest absolute Gasteiger partial charge is 0.243 e. The molecule has 8 heteroatoms. The fourth-order valence-corrected chi connectivity index (χ4v) is 4.09. The number of nitrogens with zero attached hydrogens (tertiary/aromatic N) is 1. The largest absolute Gasteiger partial charge is 0.495 e. The summed E-state index contributed by atoms with van der Waals surface area (Å²) in [5, 5.41) is 2.90. The van der Waals surface area contributed by atoms with E-state index in [1.807, 2.05) is 24.3 Å². The molecule has 0 aliphatic heterocycles. The minimum absolute atomic E-state index is 0.00567. The lowest BCUT2D eigenvalue weighted by molar-refractivity contribution is -0.116. The van der Waals surface area contributed by atoms with Gasteiger partial charge in [-0.1, -0.05) is 37.1 Å². The lowest BCUT2D eigenvalue weighted by Crippen LogP contribution is -2.35. The number of unbranched alkanes of at least 4 members (excludes halogenated alkanes) is 1. The number of hydrogen-bond acceptors (Lipinski definition) is 4. The highest BCUT2D eigenvalue weighted by molar-refractivity contribution is 7.89. The van der Waals surface area contributed by atoms with Crippen molar-refractivity contribution in [1.29, 1.82) is 0 Å². The van der Waals surface area contributed by atoms with Crippen LogP contribution in [0.1, 0.15) is 25.3 Å². The maximum Gasteiger partial charge on any atom is 0.243 e. The quantitative estimate of drug-likeness (QED) is 0.661. The number of aryl methyl sites for hydroxylation is 1. The molecule has 28 heavy (non-hydrogen) atoms. The van der Waals surface area contributed by atoms with E-state index in [1.54, 1.807) is 0 Å². The molecule has 0 bridgehead atoms. The number of benzene rings is 2. The lowest BCUT2D eigenvalue weighted by atomic mass is 10.1. The lowest BCUT2D eigenvalue weighted by Gasteiger charge is -2.17. The molecule has 0 atom stereocenters. The molecular weight excluding hydrogens is 400 g/mol. The average molecular weight is 425 g/mol. The van der Waals surface area contributed by atoms with Crippen LogP contribution >= 0.6 is 11.6 Å². The molecule has 0 fully saturated rings. The number of hydrogen-bond donors (Lipinski definition) is 1. The van der Waals surface area contributed by atoms with Crippen LogP contribution in [0.3, 0.4) is 0 Å². The van der Waals surface area contributed by atoms with Gasteiger partial charge in [-0.3, -0.25) is 4.79 Å². The summed E-state index contributed by atoms with van der Waals surface area (Å²) < 4.78 is 31.3. The van der Waals surface area contributed by atoms with Gasteiger partial charge in [-0.15, -0.1) is 0 Å². The maximum atomic E-state index is 12.7. The van der Waals surface area contributed by atoms with Crippen molar-refractivity contribution < 1.29 is 17.9 Å². The van der Waals surface area contributed by atoms with E-state index in [0.717, 1.165) is 23.6 Å². The number of methoxy groups -OCH3 is 1. The highest BCUT2D eigenvalue weighted by Gasteiger charge is 2.24. The van der Waals surface area contributed by atoms with Crippen molar-refractivity contribution in [1.82, 2.24) is 4.31 Å². The fourth-order valence-electron chi connectivity index (χ4n) is 2.61. The number of carbonyl (C=O) groups excluding carboxylic acids is 1. The molecule has 0 saturated heterocycles. The number of carbonyl (C=O) groups is 1. The van der Waals surface area contributed by atoms with Gasteiger partial charge in [0.05, 0.1) is 23.6 Å². The Balaban J connectivity index is 2.01. The fraction of sp³-hybridized carbons (Fsp3) is 0.350. The number of ether oxygens (including phenoxy) is 1. The minimum Gasteiger partial charge on any atom is -0.495 e.